The van der Waals surface area contributed by atoms with Crippen LogP contribution in [0.5, 0.6) is 0 Å². The Morgan fingerprint density at radius 2 is 1.94 bits per heavy atom. The number of nitrogens with one attached hydrogen (secondary N) is 3. The number of hydrogen-bond donors (Lipinski definition) is 3. The van der Waals surface area contributed by atoms with Gasteiger partial charge in [0.25, 0.3) is 5.91 Å². The van der Waals surface area contributed by atoms with Crippen molar-refractivity contribution < 1.29 is 9.59 Å². The summed E-state index contributed by atoms with van der Waals surface area (Å²) in [5.41, 5.74) is 4.75. The van der Waals surface area contributed by atoms with Crippen LogP contribution in [0, 0.1) is 5.92 Å². The molecule has 1 aromatic carbocycles. The molecule has 1 aliphatic heterocycles. The van der Waals surface area contributed by atoms with E-state index in [2.05, 4.69) is 58.2 Å². The molecule has 1 saturated heterocycles. The molecule has 1 fully saturated rings. The van der Waals surface area contributed by atoms with Crippen LogP contribution in [0.15, 0.2) is 36.4 Å². The maximum Gasteiger partial charge on any atom is 0.320 e. The van der Waals surface area contributed by atoms with Crippen LogP contribution in [0.2, 0.25) is 0 Å². The van der Waals surface area contributed by atoms with E-state index in [-0.39, 0.29) is 11.9 Å². The van der Waals surface area contributed by atoms with Crippen molar-refractivity contribution >= 4 is 23.3 Å². The molecule has 0 radical (unpaired) electrons. The van der Waals surface area contributed by atoms with E-state index < -0.39 is 0 Å². The van der Waals surface area contributed by atoms with Gasteiger partial charge in [0, 0.05) is 44.7 Å². The highest BCUT2D eigenvalue weighted by Crippen LogP contribution is 2.31. The monoisotopic (exact) mass is 448 g/mol. The predicted octanol–water partition coefficient (Wildman–Crippen LogP) is 2.87. The smallest absolute Gasteiger partial charge is 0.320 e. The second kappa shape index (κ2) is 10.6. The molecule has 0 saturated carbocycles. The van der Waals surface area contributed by atoms with E-state index in [4.69, 9.17) is 0 Å². The van der Waals surface area contributed by atoms with Crippen LogP contribution < -0.4 is 16.0 Å². The number of benzene rings is 1. The van der Waals surface area contributed by atoms with E-state index >= 15 is 0 Å². The minimum absolute atomic E-state index is 0.126. The summed E-state index contributed by atoms with van der Waals surface area (Å²) < 4.78 is 0. The zero-order valence-electron chi connectivity index (χ0n) is 19.4. The van der Waals surface area contributed by atoms with Crippen molar-refractivity contribution in [3.8, 4) is 0 Å². The quantitative estimate of drug-likeness (QED) is 0.605. The van der Waals surface area contributed by atoms with Crippen molar-refractivity contribution in [3.05, 3.63) is 58.8 Å². The third-order valence-corrected chi connectivity index (χ3v) is 6.05. The van der Waals surface area contributed by atoms with E-state index in [1.165, 1.54) is 16.7 Å². The molecule has 3 N–H and O–H groups in total. The number of anilines is 1. The number of nitrogens with zero attached hydrogens (tertiary/aromatic N) is 3. The molecule has 1 aromatic heterocycles. The van der Waals surface area contributed by atoms with Crippen LogP contribution >= 0.6 is 0 Å². The van der Waals surface area contributed by atoms with Gasteiger partial charge in [0.05, 0.1) is 0 Å². The first-order valence-electron chi connectivity index (χ1n) is 11.7. The molecule has 1 aliphatic carbocycles. The topological polar surface area (TPSA) is 99.2 Å². The first-order valence-corrected chi connectivity index (χ1v) is 11.7. The van der Waals surface area contributed by atoms with Gasteiger partial charge in [-0.1, -0.05) is 44.2 Å². The molecule has 4 rings (SSSR count). The lowest BCUT2D eigenvalue weighted by atomic mass is 9.99. The summed E-state index contributed by atoms with van der Waals surface area (Å²) in [4.78, 5) is 27.3. The standard InChI is InChI=1S/C25H32N6O2/c1-17(2)9-10-27-25(33)28-23-20(15-19-8-7-18-5-3-4-6-21(18)19)16-22(29-30-23)24(32)31-13-11-26-12-14-31/h3-6,8,16-17,26H,7,9-15H2,1-2H3,(H2,27,28,30,33). The summed E-state index contributed by atoms with van der Waals surface area (Å²) >= 11 is 0. The van der Waals surface area contributed by atoms with Crippen molar-refractivity contribution in [2.75, 3.05) is 38.0 Å². The van der Waals surface area contributed by atoms with Crippen molar-refractivity contribution in [2.45, 2.75) is 33.1 Å². The lowest BCUT2D eigenvalue weighted by Gasteiger charge is -2.27. The minimum atomic E-state index is -0.312. The van der Waals surface area contributed by atoms with Crippen LogP contribution in [-0.2, 0) is 12.8 Å². The molecule has 0 spiro atoms. The Bertz CT molecular complexity index is 1040. The van der Waals surface area contributed by atoms with Gasteiger partial charge in [-0.05, 0) is 41.5 Å². The summed E-state index contributed by atoms with van der Waals surface area (Å²) in [6, 6.07) is 9.79. The van der Waals surface area contributed by atoms with E-state index in [1.54, 1.807) is 11.0 Å². The Morgan fingerprint density at radius 1 is 1.15 bits per heavy atom. The van der Waals surface area contributed by atoms with E-state index in [0.717, 1.165) is 31.5 Å². The number of urea groups is 1. The largest absolute Gasteiger partial charge is 0.338 e. The van der Waals surface area contributed by atoms with Gasteiger partial charge in [0.1, 0.15) is 0 Å². The summed E-state index contributed by atoms with van der Waals surface area (Å²) in [6.07, 6.45) is 4.55. The number of aromatic nitrogens is 2. The molecule has 0 bridgehead atoms. The molecule has 0 unspecified atom stereocenters. The third kappa shape index (κ3) is 5.76. The summed E-state index contributed by atoms with van der Waals surface area (Å²) in [6.45, 7) is 7.65. The number of rotatable bonds is 7. The fraction of sp³-hybridized carbons (Fsp3) is 0.440. The lowest BCUT2D eigenvalue weighted by Crippen LogP contribution is -2.46. The maximum atomic E-state index is 13.0. The Kier molecular flexibility index (Phi) is 7.34. The highest BCUT2D eigenvalue weighted by atomic mass is 16.2. The normalized spacial score (nSPS) is 15.2. The highest BCUT2D eigenvalue weighted by Gasteiger charge is 2.23. The van der Waals surface area contributed by atoms with Crippen LogP contribution in [-0.4, -0.2) is 59.8 Å². The van der Waals surface area contributed by atoms with Crippen LogP contribution in [0.1, 0.15) is 47.4 Å². The SMILES string of the molecule is CC(C)CCNC(=O)Nc1nnc(C(=O)N2CCNCC2)cc1CC1=CCc2ccccc21. The van der Waals surface area contributed by atoms with E-state index in [0.29, 0.717) is 43.5 Å². The van der Waals surface area contributed by atoms with Crippen molar-refractivity contribution in [1.82, 2.24) is 25.7 Å². The fourth-order valence-corrected chi connectivity index (χ4v) is 4.16. The van der Waals surface area contributed by atoms with Gasteiger partial charge in [-0.2, -0.15) is 0 Å². The molecule has 33 heavy (non-hydrogen) atoms. The van der Waals surface area contributed by atoms with E-state index in [1.807, 2.05) is 12.1 Å². The third-order valence-electron chi connectivity index (χ3n) is 6.05. The second-order valence-corrected chi connectivity index (χ2v) is 8.98. The number of hydrogen-bond acceptors (Lipinski definition) is 5. The Morgan fingerprint density at radius 3 is 2.73 bits per heavy atom. The van der Waals surface area contributed by atoms with Crippen LogP contribution in [0.25, 0.3) is 5.57 Å². The van der Waals surface area contributed by atoms with Gasteiger partial charge < -0.3 is 15.5 Å². The molecule has 2 aliphatic rings. The summed E-state index contributed by atoms with van der Waals surface area (Å²) in [5, 5.41) is 17.4. The Labute approximate surface area is 194 Å². The Hall–Kier alpha value is -3.26. The first kappa shape index (κ1) is 22.9. The molecular formula is C25H32N6O2. The van der Waals surface area contributed by atoms with Crippen LogP contribution in [0.3, 0.4) is 0 Å². The highest BCUT2D eigenvalue weighted by molar-refractivity contribution is 5.94. The zero-order valence-corrected chi connectivity index (χ0v) is 19.4. The Balaban J connectivity index is 1.56. The van der Waals surface area contributed by atoms with Gasteiger partial charge in [-0.15, -0.1) is 10.2 Å². The maximum absolute atomic E-state index is 13.0. The number of carbonyl (C=O) groups is 2. The number of fused-ring (bicyclic) bond motifs is 1. The zero-order chi connectivity index (χ0) is 23.2. The number of amides is 3. The van der Waals surface area contributed by atoms with E-state index in [9.17, 15) is 9.59 Å². The fourth-order valence-electron chi connectivity index (χ4n) is 4.16. The van der Waals surface area contributed by atoms with Gasteiger partial charge in [0.15, 0.2) is 11.5 Å². The molecule has 8 heteroatoms. The van der Waals surface area contributed by atoms with Crippen molar-refractivity contribution in [2.24, 2.45) is 5.92 Å². The number of piperazine rings is 1. The average molecular weight is 449 g/mol. The molecule has 3 amide bonds. The molecule has 2 heterocycles. The molecule has 0 atom stereocenters. The van der Waals surface area contributed by atoms with Crippen LogP contribution in [0.4, 0.5) is 10.6 Å². The minimum Gasteiger partial charge on any atom is -0.338 e. The second-order valence-electron chi connectivity index (χ2n) is 8.98. The number of carbonyl (C=O) groups excluding carboxylic acids is 2. The molecule has 174 valence electrons. The molecule has 2 aromatic rings. The average Bonchev–Trinajstić information content (AvgIpc) is 3.23. The van der Waals surface area contributed by atoms with Gasteiger partial charge in [-0.3, -0.25) is 10.1 Å². The summed E-state index contributed by atoms with van der Waals surface area (Å²) in [7, 11) is 0. The molecular weight excluding hydrogens is 416 g/mol. The van der Waals surface area contributed by atoms with Crippen molar-refractivity contribution in [1.29, 1.82) is 0 Å². The van der Waals surface area contributed by atoms with Gasteiger partial charge in [0.2, 0.25) is 0 Å². The summed E-state index contributed by atoms with van der Waals surface area (Å²) in [5.74, 6) is 0.767. The lowest BCUT2D eigenvalue weighted by molar-refractivity contribution is 0.0728. The molecule has 8 nitrogen and oxygen atoms in total. The van der Waals surface area contributed by atoms with Gasteiger partial charge >= 0.3 is 6.03 Å². The predicted molar refractivity (Wildman–Crippen MR) is 129 cm³/mol. The number of allylic oxidation sites excluding steroid dienone is 2. The van der Waals surface area contributed by atoms with Gasteiger partial charge in [-0.25, -0.2) is 4.79 Å². The van der Waals surface area contributed by atoms with Crippen molar-refractivity contribution in [3.63, 3.8) is 0 Å². The first-order chi connectivity index (χ1) is 16.0.